The number of nitrogens with zero attached hydrogens (tertiary/aromatic N) is 2. The van der Waals surface area contributed by atoms with E-state index >= 15 is 0 Å². The number of thiazole rings is 1. The molecule has 0 bridgehead atoms. The first kappa shape index (κ1) is 15.7. The zero-order valence-electron chi connectivity index (χ0n) is 12.6. The molecule has 2 aromatic rings. The molecule has 1 unspecified atom stereocenters. The smallest absolute Gasteiger partial charge is 0.268 e. The number of nitrogens with one attached hydrogen (secondary N) is 1. The van der Waals surface area contributed by atoms with Crippen molar-refractivity contribution in [3.05, 3.63) is 28.3 Å². The van der Waals surface area contributed by atoms with E-state index < -0.39 is 0 Å². The molecular formula is C15H21N3O2S. The van der Waals surface area contributed by atoms with Crippen molar-refractivity contribution in [1.82, 2.24) is 14.9 Å². The number of hydrogen-bond acceptors (Lipinski definition) is 4. The van der Waals surface area contributed by atoms with Crippen molar-refractivity contribution in [3.8, 4) is 11.3 Å². The van der Waals surface area contributed by atoms with Crippen molar-refractivity contribution in [2.75, 3.05) is 6.61 Å². The lowest BCUT2D eigenvalue weighted by molar-refractivity contribution is 0.0921. The summed E-state index contributed by atoms with van der Waals surface area (Å²) >= 11 is 1.59. The van der Waals surface area contributed by atoms with Gasteiger partial charge in [-0.05, 0) is 25.8 Å². The summed E-state index contributed by atoms with van der Waals surface area (Å²) in [5, 5.41) is 15.0. The van der Waals surface area contributed by atoms with Gasteiger partial charge in [0.05, 0.1) is 10.7 Å². The minimum atomic E-state index is -0.115. The SMILES string of the molecule is CCC(CCO)NC(=O)c1cc(-c2csc(C)n2)cn1C. The van der Waals surface area contributed by atoms with Gasteiger partial charge in [-0.2, -0.15) is 0 Å². The molecule has 1 amide bonds. The van der Waals surface area contributed by atoms with Gasteiger partial charge in [0.15, 0.2) is 0 Å². The van der Waals surface area contributed by atoms with Gasteiger partial charge in [-0.25, -0.2) is 4.98 Å². The predicted octanol–water partition coefficient (Wildman–Crippen LogP) is 2.35. The van der Waals surface area contributed by atoms with Gasteiger partial charge in [-0.3, -0.25) is 4.79 Å². The van der Waals surface area contributed by atoms with Gasteiger partial charge in [0.1, 0.15) is 5.69 Å². The van der Waals surface area contributed by atoms with E-state index in [-0.39, 0.29) is 18.6 Å². The van der Waals surface area contributed by atoms with Crippen LogP contribution in [0.5, 0.6) is 0 Å². The van der Waals surface area contributed by atoms with Gasteiger partial charge in [-0.1, -0.05) is 6.92 Å². The third kappa shape index (κ3) is 3.71. The molecule has 0 fully saturated rings. The highest BCUT2D eigenvalue weighted by Gasteiger charge is 2.16. The molecule has 6 heteroatoms. The first-order valence-electron chi connectivity index (χ1n) is 7.05. The topological polar surface area (TPSA) is 67.2 Å². The second-order valence-electron chi connectivity index (χ2n) is 5.07. The lowest BCUT2D eigenvalue weighted by atomic mass is 10.1. The first-order valence-corrected chi connectivity index (χ1v) is 7.93. The highest BCUT2D eigenvalue weighted by molar-refractivity contribution is 7.09. The summed E-state index contributed by atoms with van der Waals surface area (Å²) in [4.78, 5) is 16.8. The van der Waals surface area contributed by atoms with Crippen molar-refractivity contribution in [3.63, 3.8) is 0 Å². The van der Waals surface area contributed by atoms with E-state index in [0.717, 1.165) is 22.7 Å². The summed E-state index contributed by atoms with van der Waals surface area (Å²) < 4.78 is 1.81. The average molecular weight is 307 g/mol. The van der Waals surface area contributed by atoms with Crippen LogP contribution in [0.2, 0.25) is 0 Å². The molecule has 2 aromatic heterocycles. The zero-order valence-corrected chi connectivity index (χ0v) is 13.4. The highest BCUT2D eigenvalue weighted by Crippen LogP contribution is 2.23. The van der Waals surface area contributed by atoms with E-state index in [0.29, 0.717) is 12.1 Å². The molecule has 114 valence electrons. The monoisotopic (exact) mass is 307 g/mol. The normalized spacial score (nSPS) is 12.4. The maximum Gasteiger partial charge on any atom is 0.268 e. The van der Waals surface area contributed by atoms with Gasteiger partial charge in [0.2, 0.25) is 0 Å². The van der Waals surface area contributed by atoms with Crippen LogP contribution in [0.1, 0.15) is 35.3 Å². The van der Waals surface area contributed by atoms with Gasteiger partial charge < -0.3 is 15.0 Å². The number of aliphatic hydroxyl groups is 1. The molecular weight excluding hydrogens is 286 g/mol. The Hall–Kier alpha value is -1.66. The number of carbonyl (C=O) groups excluding carboxylic acids is 1. The molecule has 2 N–H and O–H groups in total. The number of amides is 1. The summed E-state index contributed by atoms with van der Waals surface area (Å²) in [6, 6.07) is 1.86. The summed E-state index contributed by atoms with van der Waals surface area (Å²) in [6.07, 6.45) is 3.29. The maximum absolute atomic E-state index is 12.3. The molecule has 0 saturated carbocycles. The van der Waals surface area contributed by atoms with Crippen molar-refractivity contribution in [2.24, 2.45) is 7.05 Å². The molecule has 0 aliphatic heterocycles. The highest BCUT2D eigenvalue weighted by atomic mass is 32.1. The molecule has 2 heterocycles. The minimum Gasteiger partial charge on any atom is -0.396 e. The van der Waals surface area contributed by atoms with E-state index in [1.54, 1.807) is 11.3 Å². The summed E-state index contributed by atoms with van der Waals surface area (Å²) in [5.74, 6) is -0.115. The van der Waals surface area contributed by atoms with Crippen LogP contribution >= 0.6 is 11.3 Å². The Kier molecular flexibility index (Phi) is 5.14. The van der Waals surface area contributed by atoms with E-state index in [1.807, 2.05) is 43.1 Å². The summed E-state index contributed by atoms with van der Waals surface area (Å²) in [5.41, 5.74) is 2.45. The molecule has 0 aromatic carbocycles. The van der Waals surface area contributed by atoms with Crippen LogP contribution in [0, 0.1) is 6.92 Å². The first-order chi connectivity index (χ1) is 10.0. The Bertz CT molecular complexity index is 618. The molecule has 0 aliphatic rings. The van der Waals surface area contributed by atoms with Crippen LogP contribution in [0.25, 0.3) is 11.3 Å². The van der Waals surface area contributed by atoms with E-state index in [4.69, 9.17) is 5.11 Å². The van der Waals surface area contributed by atoms with E-state index in [9.17, 15) is 4.79 Å². The van der Waals surface area contributed by atoms with Gasteiger partial charge in [0.25, 0.3) is 5.91 Å². The lowest BCUT2D eigenvalue weighted by Gasteiger charge is -2.15. The predicted molar refractivity (Wildman–Crippen MR) is 84.5 cm³/mol. The number of rotatable bonds is 6. The third-order valence-electron chi connectivity index (χ3n) is 3.46. The molecule has 2 rings (SSSR count). The largest absolute Gasteiger partial charge is 0.396 e. The standard InChI is InChI=1S/C15H21N3O2S/c1-4-12(5-6-19)17-15(20)14-7-11(8-18(14)3)13-9-21-10(2)16-13/h7-9,12,19H,4-6H2,1-3H3,(H,17,20). The third-order valence-corrected chi connectivity index (χ3v) is 4.23. The van der Waals surface area contributed by atoms with Crippen LogP contribution in [0.4, 0.5) is 0 Å². The molecule has 0 radical (unpaired) electrons. The van der Waals surface area contributed by atoms with E-state index in [1.165, 1.54) is 0 Å². The van der Waals surface area contributed by atoms with E-state index in [2.05, 4.69) is 10.3 Å². The Balaban J connectivity index is 2.16. The van der Waals surface area contributed by atoms with Crippen molar-refractivity contribution in [2.45, 2.75) is 32.7 Å². The lowest BCUT2D eigenvalue weighted by Crippen LogP contribution is -2.35. The molecule has 1 atom stereocenters. The van der Waals surface area contributed by atoms with Gasteiger partial charge in [0, 0.05) is 36.8 Å². The fraction of sp³-hybridized carbons (Fsp3) is 0.467. The Morgan fingerprint density at radius 3 is 2.90 bits per heavy atom. The van der Waals surface area contributed by atoms with Crippen molar-refractivity contribution < 1.29 is 9.90 Å². The second kappa shape index (κ2) is 6.87. The fourth-order valence-electron chi connectivity index (χ4n) is 2.22. The van der Waals surface area contributed by atoms with Crippen LogP contribution in [-0.4, -0.2) is 33.2 Å². The summed E-state index contributed by atoms with van der Waals surface area (Å²) in [7, 11) is 1.85. The Morgan fingerprint density at radius 1 is 1.57 bits per heavy atom. The number of aromatic nitrogens is 2. The Labute approximate surface area is 128 Å². The maximum atomic E-state index is 12.3. The number of hydrogen-bond donors (Lipinski definition) is 2. The van der Waals surface area contributed by atoms with Gasteiger partial charge in [-0.15, -0.1) is 11.3 Å². The summed E-state index contributed by atoms with van der Waals surface area (Å²) in [6.45, 7) is 4.04. The fourth-order valence-corrected chi connectivity index (χ4v) is 2.84. The van der Waals surface area contributed by atoms with Gasteiger partial charge >= 0.3 is 0 Å². The quantitative estimate of drug-likeness (QED) is 0.861. The molecule has 5 nitrogen and oxygen atoms in total. The second-order valence-corrected chi connectivity index (χ2v) is 6.13. The molecule has 21 heavy (non-hydrogen) atoms. The van der Waals surface area contributed by atoms with Crippen molar-refractivity contribution >= 4 is 17.2 Å². The van der Waals surface area contributed by atoms with Crippen LogP contribution in [0.15, 0.2) is 17.6 Å². The minimum absolute atomic E-state index is 0.00219. The molecule has 0 spiro atoms. The zero-order chi connectivity index (χ0) is 15.4. The van der Waals surface area contributed by atoms with Crippen LogP contribution < -0.4 is 5.32 Å². The van der Waals surface area contributed by atoms with Crippen LogP contribution in [-0.2, 0) is 7.05 Å². The molecule has 0 aliphatic carbocycles. The average Bonchev–Trinajstić information content (AvgIpc) is 3.04. The number of aryl methyl sites for hydroxylation is 2. The number of aliphatic hydroxyl groups excluding tert-OH is 1. The van der Waals surface area contributed by atoms with Crippen LogP contribution in [0.3, 0.4) is 0 Å². The Morgan fingerprint density at radius 2 is 2.33 bits per heavy atom. The molecule has 0 saturated heterocycles. The van der Waals surface area contributed by atoms with Crippen molar-refractivity contribution in [1.29, 1.82) is 0 Å². The number of carbonyl (C=O) groups is 1.